The Labute approximate surface area is 140 Å². The fourth-order valence-corrected chi connectivity index (χ4v) is 4.91. The number of phenolic OH excluding ortho intramolecular Hbond substituents is 1. The highest BCUT2D eigenvalue weighted by Gasteiger charge is 2.42. The van der Waals surface area contributed by atoms with E-state index in [2.05, 4.69) is 5.32 Å². The van der Waals surface area contributed by atoms with E-state index in [1.807, 2.05) is 6.07 Å². The summed E-state index contributed by atoms with van der Waals surface area (Å²) in [4.78, 5) is 26.3. The molecule has 1 saturated carbocycles. The average molecular weight is 334 g/mol. The predicted molar refractivity (Wildman–Crippen MR) is 90.0 cm³/mol. The molecule has 0 spiro atoms. The minimum Gasteiger partial charge on any atom is -0.508 e. The normalized spacial score (nSPS) is 24.8. The number of nitrogens with zero attached hydrogens (tertiary/aromatic N) is 1. The lowest BCUT2D eigenvalue weighted by atomic mass is 10.1. The van der Waals surface area contributed by atoms with E-state index in [1.54, 1.807) is 23.1 Å². The zero-order chi connectivity index (χ0) is 16.4. The van der Waals surface area contributed by atoms with Crippen LogP contribution in [0, 0.1) is 0 Å². The van der Waals surface area contributed by atoms with Gasteiger partial charge < -0.3 is 15.3 Å². The molecule has 0 aromatic heterocycles. The number of thioether (sulfide) groups is 1. The van der Waals surface area contributed by atoms with Crippen molar-refractivity contribution in [2.75, 3.05) is 5.75 Å². The SMILES string of the molecule is CC(=O)N1[C@@H](C(=O)NC2CCCC2)CS[C@H]1c1ccccc1O. The molecule has 2 fully saturated rings. The lowest BCUT2D eigenvalue weighted by Gasteiger charge is -2.29. The van der Waals surface area contributed by atoms with Crippen LogP contribution in [0.5, 0.6) is 5.75 Å². The van der Waals surface area contributed by atoms with Crippen LogP contribution in [0.1, 0.15) is 43.5 Å². The van der Waals surface area contributed by atoms with Crippen molar-refractivity contribution in [2.24, 2.45) is 0 Å². The van der Waals surface area contributed by atoms with Gasteiger partial charge in [-0.25, -0.2) is 0 Å². The van der Waals surface area contributed by atoms with Crippen LogP contribution in [0.3, 0.4) is 0 Å². The number of nitrogens with one attached hydrogen (secondary N) is 1. The van der Waals surface area contributed by atoms with Crippen molar-refractivity contribution >= 4 is 23.6 Å². The van der Waals surface area contributed by atoms with Crippen LogP contribution < -0.4 is 5.32 Å². The molecule has 1 saturated heterocycles. The van der Waals surface area contributed by atoms with E-state index in [0.29, 0.717) is 11.3 Å². The molecule has 1 aliphatic carbocycles. The summed E-state index contributed by atoms with van der Waals surface area (Å²) in [5, 5.41) is 12.8. The van der Waals surface area contributed by atoms with Crippen LogP contribution in [0.4, 0.5) is 0 Å². The summed E-state index contributed by atoms with van der Waals surface area (Å²) in [6.45, 7) is 1.48. The van der Waals surface area contributed by atoms with Crippen LogP contribution in [-0.4, -0.2) is 39.7 Å². The number of benzene rings is 1. The Balaban J connectivity index is 1.78. The van der Waals surface area contributed by atoms with E-state index in [9.17, 15) is 14.7 Å². The topological polar surface area (TPSA) is 69.6 Å². The lowest BCUT2D eigenvalue weighted by Crippen LogP contribution is -2.49. The first-order chi connectivity index (χ1) is 11.1. The Kier molecular flexibility index (Phi) is 4.80. The van der Waals surface area contributed by atoms with E-state index in [-0.39, 0.29) is 29.0 Å². The fraction of sp³-hybridized carbons (Fsp3) is 0.529. The largest absolute Gasteiger partial charge is 0.508 e. The van der Waals surface area contributed by atoms with Crippen molar-refractivity contribution in [2.45, 2.75) is 50.1 Å². The minimum absolute atomic E-state index is 0.0717. The van der Waals surface area contributed by atoms with Crippen LogP contribution in [0.2, 0.25) is 0 Å². The quantitative estimate of drug-likeness (QED) is 0.891. The second kappa shape index (κ2) is 6.83. The highest BCUT2D eigenvalue weighted by atomic mass is 32.2. The number of aromatic hydroxyl groups is 1. The molecular formula is C17H22N2O3S. The maximum atomic E-state index is 12.6. The first-order valence-corrected chi connectivity index (χ1v) is 9.11. The van der Waals surface area contributed by atoms with Gasteiger partial charge in [0.25, 0.3) is 0 Å². The third-order valence-electron chi connectivity index (χ3n) is 4.57. The number of amides is 2. The van der Waals surface area contributed by atoms with E-state index < -0.39 is 6.04 Å². The van der Waals surface area contributed by atoms with Crippen molar-refractivity contribution < 1.29 is 14.7 Å². The minimum atomic E-state index is -0.470. The summed E-state index contributed by atoms with van der Waals surface area (Å²) >= 11 is 1.52. The molecule has 1 aromatic carbocycles. The number of para-hydroxylation sites is 1. The van der Waals surface area contributed by atoms with Crippen LogP contribution in [0.15, 0.2) is 24.3 Å². The predicted octanol–water partition coefficient (Wildman–Crippen LogP) is 2.41. The van der Waals surface area contributed by atoms with Crippen molar-refractivity contribution in [3.63, 3.8) is 0 Å². The molecule has 3 rings (SSSR count). The van der Waals surface area contributed by atoms with Gasteiger partial charge in [-0.3, -0.25) is 9.59 Å². The zero-order valence-electron chi connectivity index (χ0n) is 13.2. The van der Waals surface area contributed by atoms with Gasteiger partial charge in [0.15, 0.2) is 0 Å². The summed E-state index contributed by atoms with van der Waals surface area (Å²) in [5.41, 5.74) is 0.684. The Morgan fingerprint density at radius 2 is 1.96 bits per heavy atom. The molecule has 6 heteroatoms. The van der Waals surface area contributed by atoms with Crippen LogP contribution >= 0.6 is 11.8 Å². The monoisotopic (exact) mass is 334 g/mol. The number of rotatable bonds is 3. The van der Waals surface area contributed by atoms with Gasteiger partial charge in [0.1, 0.15) is 17.2 Å². The number of carbonyl (C=O) groups excluding carboxylic acids is 2. The molecule has 2 amide bonds. The molecule has 0 radical (unpaired) electrons. The van der Waals surface area contributed by atoms with Crippen LogP contribution in [0.25, 0.3) is 0 Å². The van der Waals surface area contributed by atoms with Crippen molar-refractivity contribution in [3.05, 3.63) is 29.8 Å². The van der Waals surface area contributed by atoms with Gasteiger partial charge in [-0.1, -0.05) is 31.0 Å². The van der Waals surface area contributed by atoms with E-state index >= 15 is 0 Å². The van der Waals surface area contributed by atoms with Gasteiger partial charge in [-0.05, 0) is 18.9 Å². The third-order valence-corrected chi connectivity index (χ3v) is 5.88. The lowest BCUT2D eigenvalue weighted by molar-refractivity contribution is -0.138. The van der Waals surface area contributed by atoms with Gasteiger partial charge >= 0.3 is 0 Å². The standard InChI is InChI=1S/C17H22N2O3S/c1-11(20)19-14(16(22)18-12-6-2-3-7-12)10-23-17(19)13-8-4-5-9-15(13)21/h4-5,8-9,12,14,17,21H,2-3,6-7,10H2,1H3,(H,18,22)/t14-,17+/m1/s1. The van der Waals surface area contributed by atoms with Gasteiger partial charge in [0.05, 0.1) is 0 Å². The Morgan fingerprint density at radius 1 is 1.26 bits per heavy atom. The summed E-state index contributed by atoms with van der Waals surface area (Å²) in [5.74, 6) is 0.498. The molecule has 23 heavy (non-hydrogen) atoms. The van der Waals surface area contributed by atoms with Crippen molar-refractivity contribution in [3.8, 4) is 5.75 Å². The second-order valence-corrected chi connectivity index (χ2v) is 7.29. The molecule has 1 heterocycles. The van der Waals surface area contributed by atoms with Gasteiger partial charge in [-0.2, -0.15) is 0 Å². The molecular weight excluding hydrogens is 312 g/mol. The molecule has 0 bridgehead atoms. The van der Waals surface area contributed by atoms with E-state index in [1.165, 1.54) is 18.7 Å². The molecule has 2 aliphatic rings. The van der Waals surface area contributed by atoms with Gasteiger partial charge in [-0.15, -0.1) is 11.8 Å². The number of hydrogen-bond acceptors (Lipinski definition) is 4. The first kappa shape index (κ1) is 16.2. The third kappa shape index (κ3) is 3.32. The molecule has 5 nitrogen and oxygen atoms in total. The van der Waals surface area contributed by atoms with Crippen LogP contribution in [-0.2, 0) is 9.59 Å². The summed E-state index contributed by atoms with van der Waals surface area (Å²) in [6, 6.07) is 6.77. The van der Waals surface area contributed by atoms with Gasteiger partial charge in [0.2, 0.25) is 11.8 Å². The van der Waals surface area contributed by atoms with E-state index in [4.69, 9.17) is 0 Å². The summed E-state index contributed by atoms with van der Waals surface area (Å²) in [7, 11) is 0. The van der Waals surface area contributed by atoms with E-state index in [0.717, 1.165) is 25.7 Å². The average Bonchev–Trinajstić information content (AvgIpc) is 3.16. The molecule has 124 valence electrons. The maximum absolute atomic E-state index is 12.6. The molecule has 1 aromatic rings. The second-order valence-electron chi connectivity index (χ2n) is 6.18. The molecule has 2 atom stereocenters. The number of hydrogen-bond donors (Lipinski definition) is 2. The number of carbonyl (C=O) groups is 2. The van der Waals surface area contributed by atoms with Crippen molar-refractivity contribution in [1.82, 2.24) is 10.2 Å². The highest BCUT2D eigenvalue weighted by molar-refractivity contribution is 7.99. The summed E-state index contributed by atoms with van der Waals surface area (Å²) < 4.78 is 0. The van der Waals surface area contributed by atoms with Crippen molar-refractivity contribution in [1.29, 1.82) is 0 Å². The zero-order valence-corrected chi connectivity index (χ0v) is 14.0. The Bertz CT molecular complexity index is 601. The molecule has 0 unspecified atom stereocenters. The Morgan fingerprint density at radius 3 is 2.61 bits per heavy atom. The molecule has 2 N–H and O–H groups in total. The smallest absolute Gasteiger partial charge is 0.243 e. The van der Waals surface area contributed by atoms with Gasteiger partial charge in [0, 0.05) is 24.3 Å². The maximum Gasteiger partial charge on any atom is 0.243 e. The number of phenols is 1. The fourth-order valence-electron chi connectivity index (χ4n) is 3.40. The molecule has 1 aliphatic heterocycles. The summed E-state index contributed by atoms with van der Waals surface area (Å²) in [6.07, 6.45) is 4.35. The highest BCUT2D eigenvalue weighted by Crippen LogP contribution is 2.44. The Hall–Kier alpha value is -1.69. The first-order valence-electron chi connectivity index (χ1n) is 8.06.